The van der Waals surface area contributed by atoms with Gasteiger partial charge >= 0.3 is 0 Å². The monoisotopic (exact) mass is 312 g/mol. The molecule has 1 atom stereocenters. The summed E-state index contributed by atoms with van der Waals surface area (Å²) in [5.41, 5.74) is 3.39. The van der Waals surface area contributed by atoms with Gasteiger partial charge in [-0.25, -0.2) is 9.97 Å². The maximum Gasteiger partial charge on any atom is 0.147 e. The molecule has 1 aliphatic rings. The van der Waals surface area contributed by atoms with E-state index in [0.29, 0.717) is 10.9 Å². The third-order valence-corrected chi connectivity index (χ3v) is 4.57. The smallest absolute Gasteiger partial charge is 0.147 e. The van der Waals surface area contributed by atoms with Crippen molar-refractivity contribution in [3.8, 4) is 0 Å². The summed E-state index contributed by atoms with van der Waals surface area (Å²) in [5.74, 6) is 2.33. The van der Waals surface area contributed by atoms with Crippen LogP contribution in [0.15, 0.2) is 36.5 Å². The van der Waals surface area contributed by atoms with Crippen LogP contribution in [0.3, 0.4) is 0 Å². The molecule has 1 aliphatic heterocycles. The number of imidazole rings is 1. The highest BCUT2D eigenvalue weighted by atomic mass is 35.5. The van der Waals surface area contributed by atoms with E-state index in [-0.39, 0.29) is 0 Å². The first-order valence-corrected chi connectivity index (χ1v) is 7.90. The number of hydrogen-bond donors (Lipinski definition) is 1. The van der Waals surface area contributed by atoms with Crippen molar-refractivity contribution in [2.24, 2.45) is 0 Å². The Morgan fingerprint density at radius 3 is 3.09 bits per heavy atom. The molecule has 5 heteroatoms. The van der Waals surface area contributed by atoms with Crippen LogP contribution in [-0.2, 0) is 0 Å². The van der Waals surface area contributed by atoms with E-state index in [2.05, 4.69) is 40.0 Å². The van der Waals surface area contributed by atoms with Crippen LogP contribution in [0.5, 0.6) is 0 Å². The normalized spacial score (nSPS) is 18.3. The molecule has 3 aromatic rings. The lowest BCUT2D eigenvalue weighted by molar-refractivity contribution is 0.725. The van der Waals surface area contributed by atoms with Gasteiger partial charge in [-0.05, 0) is 43.2 Å². The second-order valence-corrected chi connectivity index (χ2v) is 6.29. The number of fused-ring (bicyclic) bond motifs is 1. The fraction of sp³-hybridized carbons (Fsp3) is 0.294. The molecule has 0 spiro atoms. The number of benzene rings is 1. The summed E-state index contributed by atoms with van der Waals surface area (Å²) in [7, 11) is 0. The van der Waals surface area contributed by atoms with Crippen LogP contribution in [-0.4, -0.2) is 28.0 Å². The quantitative estimate of drug-likeness (QED) is 0.780. The van der Waals surface area contributed by atoms with Gasteiger partial charge < -0.3 is 9.88 Å². The number of aryl methyl sites for hydroxylation is 1. The first kappa shape index (κ1) is 13.6. The third kappa shape index (κ3) is 2.33. The van der Waals surface area contributed by atoms with E-state index in [1.807, 2.05) is 12.1 Å². The van der Waals surface area contributed by atoms with Gasteiger partial charge in [-0.1, -0.05) is 17.7 Å². The van der Waals surface area contributed by atoms with Crippen molar-refractivity contribution >= 4 is 28.5 Å². The number of nitrogens with zero attached hydrogens (tertiary/aromatic N) is 3. The van der Waals surface area contributed by atoms with Crippen LogP contribution in [0.1, 0.15) is 23.7 Å². The zero-order valence-corrected chi connectivity index (χ0v) is 13.1. The Labute approximate surface area is 134 Å². The average Bonchev–Trinajstić information content (AvgIpc) is 3.13. The molecule has 1 aromatic carbocycles. The lowest BCUT2D eigenvalue weighted by atomic mass is 10.1. The van der Waals surface area contributed by atoms with Gasteiger partial charge in [0.1, 0.15) is 11.6 Å². The van der Waals surface area contributed by atoms with Crippen LogP contribution in [0.25, 0.3) is 11.0 Å². The van der Waals surface area contributed by atoms with E-state index in [0.717, 1.165) is 42.2 Å². The highest BCUT2D eigenvalue weighted by molar-refractivity contribution is 6.32. The fourth-order valence-corrected chi connectivity index (χ4v) is 3.36. The Morgan fingerprint density at radius 1 is 1.32 bits per heavy atom. The number of hydrogen-bond acceptors (Lipinski definition) is 3. The summed E-state index contributed by atoms with van der Waals surface area (Å²) in [4.78, 5) is 14.9. The molecule has 2 aromatic heterocycles. The Morgan fingerprint density at radius 2 is 2.23 bits per heavy atom. The number of halogens is 1. The summed E-state index contributed by atoms with van der Waals surface area (Å²) in [6.07, 6.45) is 2.85. The van der Waals surface area contributed by atoms with Crippen LogP contribution >= 0.6 is 11.6 Å². The van der Waals surface area contributed by atoms with Gasteiger partial charge in [0.15, 0.2) is 0 Å². The zero-order chi connectivity index (χ0) is 15.1. The molecule has 1 unspecified atom stereocenters. The largest absolute Gasteiger partial charge is 0.355 e. The van der Waals surface area contributed by atoms with E-state index in [1.165, 1.54) is 5.56 Å². The maximum absolute atomic E-state index is 6.25. The number of aromatic amines is 1. The van der Waals surface area contributed by atoms with Gasteiger partial charge in [0.2, 0.25) is 0 Å². The molecule has 1 saturated heterocycles. The van der Waals surface area contributed by atoms with E-state index in [9.17, 15) is 0 Å². The van der Waals surface area contributed by atoms with Gasteiger partial charge in [-0.3, -0.25) is 0 Å². The van der Waals surface area contributed by atoms with Gasteiger partial charge in [0.25, 0.3) is 0 Å². The number of rotatable bonds is 2. The molecule has 0 bridgehead atoms. The van der Waals surface area contributed by atoms with Crippen LogP contribution in [0.4, 0.5) is 5.82 Å². The molecular formula is C17H17ClN4. The molecule has 1 N–H and O–H groups in total. The highest BCUT2D eigenvalue weighted by Crippen LogP contribution is 2.32. The fourth-order valence-electron chi connectivity index (χ4n) is 3.11. The predicted octanol–water partition coefficient (Wildman–Crippen LogP) is 3.91. The molecule has 112 valence electrons. The van der Waals surface area contributed by atoms with Crippen molar-refractivity contribution in [1.82, 2.24) is 15.0 Å². The average molecular weight is 313 g/mol. The van der Waals surface area contributed by atoms with Gasteiger partial charge in [0.05, 0.1) is 16.1 Å². The van der Waals surface area contributed by atoms with E-state index in [1.54, 1.807) is 6.20 Å². The molecule has 0 saturated carbocycles. The van der Waals surface area contributed by atoms with Gasteiger partial charge in [0, 0.05) is 25.2 Å². The summed E-state index contributed by atoms with van der Waals surface area (Å²) in [6.45, 7) is 3.95. The molecule has 1 fully saturated rings. The second kappa shape index (κ2) is 5.29. The predicted molar refractivity (Wildman–Crippen MR) is 89.6 cm³/mol. The first-order valence-electron chi connectivity index (χ1n) is 7.52. The lowest BCUT2D eigenvalue weighted by Crippen LogP contribution is -2.20. The lowest BCUT2D eigenvalue weighted by Gasteiger charge is -2.17. The summed E-state index contributed by atoms with van der Waals surface area (Å²) >= 11 is 6.25. The number of nitrogens with one attached hydrogen (secondary N) is 1. The van der Waals surface area contributed by atoms with E-state index in [4.69, 9.17) is 16.6 Å². The minimum absolute atomic E-state index is 0.394. The van der Waals surface area contributed by atoms with Gasteiger partial charge in [-0.2, -0.15) is 0 Å². The SMILES string of the molecule is Cc1ccc2[nH]c(C3CCN(c4ncccc4Cl)C3)nc2c1. The number of pyridine rings is 1. The number of anilines is 1. The highest BCUT2D eigenvalue weighted by Gasteiger charge is 2.28. The van der Waals surface area contributed by atoms with Crippen LogP contribution in [0, 0.1) is 6.92 Å². The standard InChI is InChI=1S/C17H17ClN4/c1-11-4-5-14-15(9-11)21-16(20-14)12-6-8-22(10-12)17-13(18)3-2-7-19-17/h2-5,7,9,12H,6,8,10H2,1H3,(H,20,21). The minimum Gasteiger partial charge on any atom is -0.355 e. The van der Waals surface area contributed by atoms with E-state index >= 15 is 0 Å². The second-order valence-electron chi connectivity index (χ2n) is 5.88. The molecule has 22 heavy (non-hydrogen) atoms. The van der Waals surface area contributed by atoms with Gasteiger partial charge in [-0.15, -0.1) is 0 Å². The molecule has 4 nitrogen and oxygen atoms in total. The van der Waals surface area contributed by atoms with Crippen molar-refractivity contribution in [3.05, 3.63) is 52.9 Å². The number of H-pyrrole nitrogens is 1. The minimum atomic E-state index is 0.394. The zero-order valence-electron chi connectivity index (χ0n) is 12.4. The first-order chi connectivity index (χ1) is 10.7. The summed E-state index contributed by atoms with van der Waals surface area (Å²) < 4.78 is 0. The third-order valence-electron chi connectivity index (χ3n) is 4.27. The van der Waals surface area contributed by atoms with Crippen molar-refractivity contribution in [3.63, 3.8) is 0 Å². The Bertz CT molecular complexity index is 826. The van der Waals surface area contributed by atoms with Crippen molar-refractivity contribution < 1.29 is 0 Å². The Balaban J connectivity index is 1.60. The maximum atomic E-state index is 6.25. The molecule has 0 radical (unpaired) electrons. The topological polar surface area (TPSA) is 44.8 Å². The van der Waals surface area contributed by atoms with Crippen LogP contribution < -0.4 is 4.90 Å². The molecule has 4 rings (SSSR count). The van der Waals surface area contributed by atoms with Crippen LogP contribution in [0.2, 0.25) is 5.02 Å². The van der Waals surface area contributed by atoms with Crippen molar-refractivity contribution in [2.45, 2.75) is 19.3 Å². The van der Waals surface area contributed by atoms with Crippen molar-refractivity contribution in [1.29, 1.82) is 0 Å². The molecule has 0 aliphatic carbocycles. The van der Waals surface area contributed by atoms with E-state index < -0.39 is 0 Å². The Hall–Kier alpha value is -2.07. The summed E-state index contributed by atoms with van der Waals surface area (Å²) in [6, 6.07) is 10.1. The van der Waals surface area contributed by atoms with Crippen molar-refractivity contribution in [2.75, 3.05) is 18.0 Å². The molecule has 0 amide bonds. The molecule has 3 heterocycles. The number of aromatic nitrogens is 3. The Kier molecular flexibility index (Phi) is 3.26. The molecular weight excluding hydrogens is 296 g/mol. The summed E-state index contributed by atoms with van der Waals surface area (Å²) in [5, 5.41) is 0.711.